The van der Waals surface area contributed by atoms with Crippen LogP contribution in [0.15, 0.2) is 88.2 Å². The Kier molecular flexibility index (Phi) is 4.84. The third-order valence-electron chi connectivity index (χ3n) is 5.07. The average molecular weight is 461 g/mol. The fourth-order valence-corrected chi connectivity index (χ4v) is 5.50. The highest BCUT2D eigenvalue weighted by Gasteiger charge is 2.20. The van der Waals surface area contributed by atoms with Gasteiger partial charge in [0.1, 0.15) is 0 Å². The molecule has 7 nitrogen and oxygen atoms in total. The number of thiazole rings is 1. The minimum Gasteiger partial charge on any atom is -0.365 e. The number of hydrogen-bond donors (Lipinski definition) is 2. The quantitative estimate of drug-likeness (QED) is 0.398. The van der Waals surface area contributed by atoms with E-state index in [0.717, 1.165) is 10.2 Å². The summed E-state index contributed by atoms with van der Waals surface area (Å²) < 4.78 is 27.3. The second-order valence-electron chi connectivity index (χ2n) is 7.07. The van der Waals surface area contributed by atoms with Crippen LogP contribution in [-0.4, -0.2) is 24.3 Å². The number of benzene rings is 3. The maximum absolute atomic E-state index is 13.1. The van der Waals surface area contributed by atoms with Crippen molar-refractivity contribution in [3.63, 3.8) is 0 Å². The van der Waals surface area contributed by atoms with E-state index in [4.69, 9.17) is 5.73 Å². The summed E-state index contributed by atoms with van der Waals surface area (Å²) in [7, 11) is -3.75. The van der Waals surface area contributed by atoms with Crippen LogP contribution < -0.4 is 11.1 Å². The molecule has 3 aromatic carbocycles. The van der Waals surface area contributed by atoms with Gasteiger partial charge in [0, 0.05) is 17.3 Å². The van der Waals surface area contributed by atoms with E-state index in [0.29, 0.717) is 22.3 Å². The van der Waals surface area contributed by atoms with E-state index in [1.165, 1.54) is 29.7 Å². The Hall–Kier alpha value is -3.82. The summed E-state index contributed by atoms with van der Waals surface area (Å²) in [5.74, 6) is -0.669. The summed E-state index contributed by atoms with van der Waals surface area (Å²) in [6.07, 6.45) is 1.39. The zero-order chi connectivity index (χ0) is 22.3. The average Bonchev–Trinajstić information content (AvgIpc) is 3.27. The van der Waals surface area contributed by atoms with E-state index < -0.39 is 15.7 Å². The molecule has 0 atom stereocenters. The van der Waals surface area contributed by atoms with Crippen molar-refractivity contribution in [2.75, 3.05) is 5.32 Å². The third kappa shape index (κ3) is 3.47. The lowest BCUT2D eigenvalue weighted by atomic mass is 10.1. The van der Waals surface area contributed by atoms with Gasteiger partial charge in [-0.2, -0.15) is 0 Å². The van der Waals surface area contributed by atoms with E-state index in [-0.39, 0.29) is 15.4 Å². The molecule has 1 amide bonds. The zero-order valence-corrected chi connectivity index (χ0v) is 18.2. The molecule has 0 saturated carbocycles. The number of anilines is 2. The molecule has 2 aromatic heterocycles. The number of nitrogens with one attached hydrogen (secondary N) is 1. The van der Waals surface area contributed by atoms with E-state index in [2.05, 4.69) is 15.3 Å². The Balaban J connectivity index is 1.69. The molecule has 0 saturated heterocycles. The van der Waals surface area contributed by atoms with Crippen LogP contribution in [0.2, 0.25) is 0 Å². The predicted molar refractivity (Wildman–Crippen MR) is 125 cm³/mol. The molecule has 32 heavy (non-hydrogen) atoms. The van der Waals surface area contributed by atoms with E-state index in [1.807, 2.05) is 18.2 Å². The molecule has 5 aromatic rings. The van der Waals surface area contributed by atoms with Crippen molar-refractivity contribution < 1.29 is 13.2 Å². The van der Waals surface area contributed by atoms with E-state index >= 15 is 0 Å². The molecule has 0 aliphatic heterocycles. The van der Waals surface area contributed by atoms with Crippen molar-refractivity contribution in [1.82, 2.24) is 9.97 Å². The molecule has 158 valence electrons. The summed E-state index contributed by atoms with van der Waals surface area (Å²) in [6.45, 7) is 0. The number of nitrogens with zero attached hydrogens (tertiary/aromatic N) is 2. The largest absolute Gasteiger partial charge is 0.365 e. The van der Waals surface area contributed by atoms with Gasteiger partial charge in [-0.3, -0.25) is 9.78 Å². The van der Waals surface area contributed by atoms with Crippen LogP contribution in [-0.2, 0) is 9.84 Å². The number of aromatic nitrogens is 2. The number of carbonyl (C=O) groups is 1. The fraction of sp³-hybridized carbons (Fsp3) is 0. The van der Waals surface area contributed by atoms with Gasteiger partial charge >= 0.3 is 0 Å². The van der Waals surface area contributed by atoms with Crippen molar-refractivity contribution in [3.8, 4) is 0 Å². The van der Waals surface area contributed by atoms with Gasteiger partial charge in [0.2, 0.25) is 9.84 Å². The number of sulfone groups is 1. The molecule has 0 spiro atoms. The molecule has 0 unspecified atom stereocenters. The zero-order valence-electron chi connectivity index (χ0n) is 16.5. The van der Waals surface area contributed by atoms with Crippen LogP contribution in [0.4, 0.5) is 11.4 Å². The normalized spacial score (nSPS) is 11.6. The summed E-state index contributed by atoms with van der Waals surface area (Å²) >= 11 is 1.50. The van der Waals surface area contributed by atoms with Crippen LogP contribution in [0.1, 0.15) is 10.4 Å². The van der Waals surface area contributed by atoms with Crippen LogP contribution in [0.3, 0.4) is 0 Å². The molecule has 0 aliphatic carbocycles. The number of amides is 1. The summed E-state index contributed by atoms with van der Waals surface area (Å²) in [6, 6.07) is 18.4. The lowest BCUT2D eigenvalue weighted by molar-refractivity contribution is 0.100. The fourth-order valence-electron chi connectivity index (χ4n) is 3.47. The number of hydrogen-bond acceptors (Lipinski definition) is 7. The molecular formula is C23H16N4O3S2. The maximum atomic E-state index is 13.1. The Morgan fingerprint density at radius 1 is 0.906 bits per heavy atom. The van der Waals surface area contributed by atoms with Gasteiger partial charge in [0.05, 0.1) is 42.3 Å². The molecule has 3 N–H and O–H groups in total. The number of carbonyl (C=O) groups excluding carboxylic acids is 1. The summed E-state index contributed by atoms with van der Waals surface area (Å²) in [5, 5.41) is 3.72. The van der Waals surface area contributed by atoms with Crippen LogP contribution in [0, 0.1) is 0 Å². The van der Waals surface area contributed by atoms with Crippen molar-refractivity contribution in [2.24, 2.45) is 5.73 Å². The Labute approximate surface area is 187 Å². The molecule has 0 radical (unpaired) electrons. The van der Waals surface area contributed by atoms with Crippen LogP contribution in [0.5, 0.6) is 0 Å². The number of nitrogens with two attached hydrogens (primary N) is 1. The number of pyridine rings is 1. The second kappa shape index (κ2) is 7.70. The lowest BCUT2D eigenvalue weighted by Gasteiger charge is -2.14. The first-order chi connectivity index (χ1) is 15.4. The highest BCUT2D eigenvalue weighted by atomic mass is 32.2. The molecule has 0 fully saturated rings. The lowest BCUT2D eigenvalue weighted by Crippen LogP contribution is -2.14. The van der Waals surface area contributed by atoms with Gasteiger partial charge in [-0.05, 0) is 48.5 Å². The first kappa shape index (κ1) is 20.1. The van der Waals surface area contributed by atoms with Gasteiger partial charge in [0.15, 0.2) is 0 Å². The maximum Gasteiger partial charge on any atom is 0.252 e. The van der Waals surface area contributed by atoms with Gasteiger partial charge in [-0.1, -0.05) is 18.2 Å². The van der Waals surface area contributed by atoms with E-state index in [1.54, 1.807) is 41.9 Å². The smallest absolute Gasteiger partial charge is 0.252 e. The highest BCUT2D eigenvalue weighted by molar-refractivity contribution is 7.91. The Morgan fingerprint density at radius 3 is 2.47 bits per heavy atom. The van der Waals surface area contributed by atoms with Gasteiger partial charge in [-0.15, -0.1) is 11.3 Å². The van der Waals surface area contributed by atoms with Gasteiger partial charge in [0.25, 0.3) is 5.91 Å². The van der Waals surface area contributed by atoms with E-state index in [9.17, 15) is 13.2 Å². The van der Waals surface area contributed by atoms with Crippen molar-refractivity contribution in [2.45, 2.75) is 9.79 Å². The Bertz CT molecular complexity index is 1600. The third-order valence-corrected chi connectivity index (χ3v) is 7.63. The van der Waals surface area contributed by atoms with Gasteiger partial charge in [-0.25, -0.2) is 13.4 Å². The molecule has 0 bridgehead atoms. The second-order valence-corrected chi connectivity index (χ2v) is 9.90. The minimum atomic E-state index is -3.75. The summed E-state index contributed by atoms with van der Waals surface area (Å²) in [4.78, 5) is 21.0. The molecule has 2 heterocycles. The SMILES string of the molecule is NC(=O)c1cnc2ccc(S(=O)(=O)c3ccccc3)cc2c1Nc1ccc2ncsc2c1. The number of fused-ring (bicyclic) bond motifs is 2. The van der Waals surface area contributed by atoms with Crippen LogP contribution in [0.25, 0.3) is 21.1 Å². The minimum absolute atomic E-state index is 0.0978. The first-order valence-electron chi connectivity index (χ1n) is 9.56. The highest BCUT2D eigenvalue weighted by Crippen LogP contribution is 2.33. The molecule has 5 rings (SSSR count). The van der Waals surface area contributed by atoms with Gasteiger partial charge < -0.3 is 11.1 Å². The Morgan fingerprint density at radius 2 is 1.69 bits per heavy atom. The van der Waals surface area contributed by atoms with Crippen molar-refractivity contribution in [3.05, 3.63) is 84.0 Å². The van der Waals surface area contributed by atoms with Crippen LogP contribution >= 0.6 is 11.3 Å². The summed E-state index contributed by atoms with van der Waals surface area (Å²) in [5.41, 5.74) is 10.0. The van der Waals surface area contributed by atoms with Crippen molar-refractivity contribution >= 4 is 59.6 Å². The topological polar surface area (TPSA) is 115 Å². The number of primary amides is 1. The molecule has 9 heteroatoms. The molecular weight excluding hydrogens is 444 g/mol. The monoisotopic (exact) mass is 460 g/mol. The molecule has 0 aliphatic rings. The van der Waals surface area contributed by atoms with Crippen molar-refractivity contribution in [1.29, 1.82) is 0 Å². The predicted octanol–water partition coefficient (Wildman–Crippen LogP) is 4.52. The standard InChI is InChI=1S/C23H16N4O3S2/c24-23(28)18-12-25-19-9-7-16(32(29,30)15-4-2-1-3-5-15)11-17(19)22(18)27-14-6-8-20-21(10-14)31-13-26-20/h1-13H,(H2,24,28)(H,25,27). The number of rotatable bonds is 5. The first-order valence-corrected chi connectivity index (χ1v) is 11.9.